The van der Waals surface area contributed by atoms with Crippen molar-refractivity contribution < 1.29 is 34.4 Å². The average molecular weight is 384 g/mol. The molecule has 146 valence electrons. The van der Waals surface area contributed by atoms with Crippen LogP contribution in [0, 0.1) is 0 Å². The monoisotopic (exact) mass is 384 g/mol. The molecule has 3 rings (SSSR count). The Labute approximate surface area is 161 Å². The van der Waals surface area contributed by atoms with E-state index in [0.717, 1.165) is 0 Å². The molecule has 4 atom stereocenters. The van der Waals surface area contributed by atoms with Crippen LogP contribution in [0.1, 0.15) is 20.7 Å². The second-order valence-corrected chi connectivity index (χ2v) is 6.44. The van der Waals surface area contributed by atoms with Crippen LogP contribution < -0.4 is 0 Å². The van der Waals surface area contributed by atoms with Crippen LogP contribution >= 0.6 is 0 Å². The van der Waals surface area contributed by atoms with Gasteiger partial charge in [-0.2, -0.15) is 0 Å². The summed E-state index contributed by atoms with van der Waals surface area (Å²) in [6, 6.07) is 16.2. The average Bonchev–Trinajstić information content (AvgIpc) is 2.74. The van der Waals surface area contributed by atoms with Crippen molar-refractivity contribution in [3.63, 3.8) is 0 Å². The minimum absolute atomic E-state index is 0.258. The zero-order valence-corrected chi connectivity index (χ0v) is 14.8. The van der Waals surface area contributed by atoms with Gasteiger partial charge in [-0.15, -0.1) is 0 Å². The lowest BCUT2D eigenvalue weighted by atomic mass is 9.83. The number of rotatable bonds is 5. The van der Waals surface area contributed by atoms with Crippen LogP contribution in [0.3, 0.4) is 0 Å². The number of ether oxygens (including phenoxy) is 2. The first-order valence-corrected chi connectivity index (χ1v) is 8.67. The third kappa shape index (κ3) is 4.12. The first-order valence-electron chi connectivity index (χ1n) is 8.67. The number of benzene rings is 2. The van der Waals surface area contributed by atoms with Gasteiger partial charge in [0.1, 0.15) is 24.9 Å². The molecule has 3 N–H and O–H groups in total. The normalized spacial score (nSPS) is 26.5. The van der Waals surface area contributed by atoms with E-state index in [4.69, 9.17) is 9.47 Å². The number of esters is 2. The molecule has 7 heteroatoms. The molecule has 2 aromatic carbocycles. The number of hydrogen-bond donors (Lipinski definition) is 3. The second kappa shape index (κ2) is 8.35. The maximum atomic E-state index is 12.2. The molecule has 0 heterocycles. The molecule has 0 aromatic heterocycles. The van der Waals surface area contributed by atoms with Gasteiger partial charge in [0.05, 0.1) is 11.1 Å². The topological polar surface area (TPSA) is 113 Å². The van der Waals surface area contributed by atoms with Crippen molar-refractivity contribution in [3.8, 4) is 0 Å². The molecule has 0 saturated carbocycles. The minimum atomic E-state index is -2.24. The van der Waals surface area contributed by atoms with Crippen LogP contribution in [0.25, 0.3) is 0 Å². The van der Waals surface area contributed by atoms with Crippen molar-refractivity contribution in [3.05, 3.63) is 83.9 Å². The predicted octanol–water partition coefficient (Wildman–Crippen LogP) is 1.09. The minimum Gasteiger partial charge on any atom is -0.459 e. The highest BCUT2D eigenvalue weighted by molar-refractivity contribution is 5.90. The molecule has 28 heavy (non-hydrogen) atoms. The summed E-state index contributed by atoms with van der Waals surface area (Å²) in [5, 5.41) is 31.4. The smallest absolute Gasteiger partial charge is 0.338 e. The largest absolute Gasteiger partial charge is 0.459 e. The number of hydrogen-bond acceptors (Lipinski definition) is 7. The van der Waals surface area contributed by atoms with Crippen LogP contribution in [0.5, 0.6) is 0 Å². The Morgan fingerprint density at radius 1 is 0.857 bits per heavy atom. The van der Waals surface area contributed by atoms with Crippen molar-refractivity contribution in [2.45, 2.75) is 23.9 Å². The molecule has 1 aliphatic carbocycles. The Balaban J connectivity index is 1.69. The van der Waals surface area contributed by atoms with E-state index < -0.39 is 42.5 Å². The highest BCUT2D eigenvalue weighted by Gasteiger charge is 2.50. The molecule has 0 aliphatic heterocycles. The van der Waals surface area contributed by atoms with Crippen molar-refractivity contribution in [2.24, 2.45) is 0 Å². The van der Waals surface area contributed by atoms with Crippen LogP contribution in [0.4, 0.5) is 0 Å². The Kier molecular flexibility index (Phi) is 5.89. The van der Waals surface area contributed by atoms with Crippen LogP contribution in [0.15, 0.2) is 72.8 Å². The van der Waals surface area contributed by atoms with Crippen LogP contribution in [-0.4, -0.2) is 57.8 Å². The summed E-state index contributed by atoms with van der Waals surface area (Å²) < 4.78 is 10.3. The maximum Gasteiger partial charge on any atom is 0.338 e. The standard InChI is InChI=1S/C21H20O7/c22-17-12-11-16(28-20(25)15-9-5-2-6-10-15)18(23)21(17,26)13-27-19(24)14-7-3-1-4-8-14/h1-12,16-18,22-23,26H,13H2/t16-,17+,18+,21+/m1/s1. The zero-order chi connectivity index (χ0) is 20.1. The molecule has 0 amide bonds. The van der Waals surface area contributed by atoms with Gasteiger partial charge in [0.2, 0.25) is 0 Å². The molecule has 0 bridgehead atoms. The molecule has 0 spiro atoms. The molecular formula is C21H20O7. The van der Waals surface area contributed by atoms with Crippen molar-refractivity contribution in [2.75, 3.05) is 6.61 Å². The third-order valence-corrected chi connectivity index (χ3v) is 4.52. The fourth-order valence-electron chi connectivity index (χ4n) is 2.83. The van der Waals surface area contributed by atoms with E-state index in [0.29, 0.717) is 0 Å². The van der Waals surface area contributed by atoms with E-state index >= 15 is 0 Å². The SMILES string of the molecule is O=C(OC[C@]1(O)[C@@H](O)C=C[C@@H](OC(=O)c2ccccc2)[C@@H]1O)c1ccccc1. The van der Waals surface area contributed by atoms with Gasteiger partial charge in [0.15, 0.2) is 5.60 Å². The van der Waals surface area contributed by atoms with E-state index in [1.54, 1.807) is 48.5 Å². The van der Waals surface area contributed by atoms with Crippen molar-refractivity contribution in [1.29, 1.82) is 0 Å². The van der Waals surface area contributed by atoms with Gasteiger partial charge in [0.25, 0.3) is 0 Å². The first-order chi connectivity index (χ1) is 13.4. The summed E-state index contributed by atoms with van der Waals surface area (Å²) in [5.41, 5.74) is -1.71. The van der Waals surface area contributed by atoms with Crippen molar-refractivity contribution in [1.82, 2.24) is 0 Å². The van der Waals surface area contributed by atoms with Gasteiger partial charge in [-0.25, -0.2) is 9.59 Å². The summed E-state index contributed by atoms with van der Waals surface area (Å²) in [6.07, 6.45) is -1.98. The number of aliphatic hydroxyl groups is 3. The van der Waals surface area contributed by atoms with Gasteiger partial charge in [-0.3, -0.25) is 0 Å². The number of carbonyl (C=O) groups is 2. The highest BCUT2D eigenvalue weighted by Crippen LogP contribution is 2.28. The van der Waals surface area contributed by atoms with Crippen LogP contribution in [0.2, 0.25) is 0 Å². The Morgan fingerprint density at radius 2 is 1.39 bits per heavy atom. The molecule has 1 aliphatic rings. The lowest BCUT2D eigenvalue weighted by molar-refractivity contribution is -0.183. The summed E-state index contributed by atoms with van der Waals surface area (Å²) in [4.78, 5) is 24.3. The lowest BCUT2D eigenvalue weighted by Crippen LogP contribution is -2.61. The second-order valence-electron chi connectivity index (χ2n) is 6.44. The molecule has 0 fully saturated rings. The van der Waals surface area contributed by atoms with E-state index in [2.05, 4.69) is 0 Å². The van der Waals surface area contributed by atoms with Gasteiger partial charge < -0.3 is 24.8 Å². The van der Waals surface area contributed by atoms with Crippen molar-refractivity contribution >= 4 is 11.9 Å². The van der Waals surface area contributed by atoms with Gasteiger partial charge in [-0.1, -0.05) is 42.5 Å². The number of carbonyl (C=O) groups excluding carboxylic acids is 2. The maximum absolute atomic E-state index is 12.2. The lowest BCUT2D eigenvalue weighted by Gasteiger charge is -2.40. The number of aliphatic hydroxyl groups excluding tert-OH is 2. The van der Waals surface area contributed by atoms with Gasteiger partial charge >= 0.3 is 11.9 Å². The quantitative estimate of drug-likeness (QED) is 0.522. The summed E-state index contributed by atoms with van der Waals surface area (Å²) in [7, 11) is 0. The van der Waals surface area contributed by atoms with E-state index in [9.17, 15) is 24.9 Å². The summed E-state index contributed by atoms with van der Waals surface area (Å²) in [5.74, 6) is -1.42. The molecular weight excluding hydrogens is 364 g/mol. The van der Waals surface area contributed by atoms with Crippen LogP contribution in [-0.2, 0) is 9.47 Å². The molecule has 7 nitrogen and oxygen atoms in total. The third-order valence-electron chi connectivity index (χ3n) is 4.52. The van der Waals surface area contributed by atoms with E-state index in [1.165, 1.54) is 24.3 Å². The van der Waals surface area contributed by atoms with Gasteiger partial charge in [-0.05, 0) is 30.3 Å². The molecule has 0 saturated heterocycles. The Morgan fingerprint density at radius 3 is 1.96 bits per heavy atom. The fraction of sp³-hybridized carbons (Fsp3) is 0.238. The summed E-state index contributed by atoms with van der Waals surface area (Å²) in [6.45, 7) is -0.688. The first kappa shape index (κ1) is 19.8. The molecule has 0 unspecified atom stereocenters. The highest BCUT2D eigenvalue weighted by atomic mass is 16.6. The zero-order valence-electron chi connectivity index (χ0n) is 14.8. The predicted molar refractivity (Wildman–Crippen MR) is 98.5 cm³/mol. The van der Waals surface area contributed by atoms with E-state index in [-0.39, 0.29) is 11.1 Å². The van der Waals surface area contributed by atoms with Gasteiger partial charge in [0, 0.05) is 0 Å². The van der Waals surface area contributed by atoms with E-state index in [1.807, 2.05) is 0 Å². The Hall–Kier alpha value is -3.00. The fourth-order valence-corrected chi connectivity index (χ4v) is 2.83. The molecule has 2 aromatic rings. The Bertz CT molecular complexity index is 850. The molecule has 0 radical (unpaired) electrons. The summed E-state index contributed by atoms with van der Waals surface area (Å²) >= 11 is 0.